The van der Waals surface area contributed by atoms with Gasteiger partial charge >= 0.3 is 6.09 Å². The molecule has 2 amide bonds. The number of hydrogen-bond acceptors (Lipinski definition) is 7. The summed E-state index contributed by atoms with van der Waals surface area (Å²) in [4.78, 5) is 26.8. The summed E-state index contributed by atoms with van der Waals surface area (Å²) in [5.41, 5.74) is 5.80. The van der Waals surface area contributed by atoms with E-state index in [0.29, 0.717) is 6.61 Å². The van der Waals surface area contributed by atoms with Crippen LogP contribution in [0.25, 0.3) is 0 Å². The van der Waals surface area contributed by atoms with Gasteiger partial charge < -0.3 is 29.8 Å². The highest BCUT2D eigenvalue weighted by atomic mass is 16.8. The Bertz CT molecular complexity index is 808. The number of aliphatic hydroxyl groups excluding tert-OH is 1. The molecule has 2 aliphatic rings. The van der Waals surface area contributed by atoms with Gasteiger partial charge in [0, 0.05) is 0 Å². The second-order valence-electron chi connectivity index (χ2n) is 9.70. The first-order valence-electron chi connectivity index (χ1n) is 10.8. The van der Waals surface area contributed by atoms with Gasteiger partial charge in [-0.1, -0.05) is 30.3 Å². The SMILES string of the molecule is CC(C)(C)OC(=O)N1C(C(CO)C(N)=O)[C@@H]2OC(C)(C)O[C@@H]2[C@H]1COCc1ccccc1. The summed E-state index contributed by atoms with van der Waals surface area (Å²) >= 11 is 0. The third-order valence-corrected chi connectivity index (χ3v) is 5.54. The summed E-state index contributed by atoms with van der Waals surface area (Å²) < 4.78 is 23.8. The van der Waals surface area contributed by atoms with Crippen molar-refractivity contribution in [3.8, 4) is 0 Å². The molecule has 2 fully saturated rings. The van der Waals surface area contributed by atoms with Crippen molar-refractivity contribution in [2.45, 2.75) is 76.9 Å². The summed E-state index contributed by atoms with van der Waals surface area (Å²) in [6.07, 6.45) is -1.89. The predicted molar refractivity (Wildman–Crippen MR) is 115 cm³/mol. The van der Waals surface area contributed by atoms with Crippen LogP contribution in [0.1, 0.15) is 40.2 Å². The Kier molecular flexibility index (Phi) is 7.14. The fraction of sp³-hybridized carbons (Fsp3) is 0.652. The molecular formula is C23H34N2O7. The van der Waals surface area contributed by atoms with Gasteiger partial charge in [0.25, 0.3) is 0 Å². The first-order valence-corrected chi connectivity index (χ1v) is 10.8. The van der Waals surface area contributed by atoms with E-state index in [9.17, 15) is 14.7 Å². The number of amides is 2. The molecule has 5 atom stereocenters. The van der Waals surface area contributed by atoms with Gasteiger partial charge in [-0.15, -0.1) is 0 Å². The highest BCUT2D eigenvalue weighted by Crippen LogP contribution is 2.43. The molecule has 1 aromatic rings. The monoisotopic (exact) mass is 450 g/mol. The lowest BCUT2D eigenvalue weighted by Crippen LogP contribution is -2.55. The zero-order valence-electron chi connectivity index (χ0n) is 19.3. The summed E-state index contributed by atoms with van der Waals surface area (Å²) in [6.45, 7) is 8.72. The molecule has 2 heterocycles. The zero-order chi connectivity index (χ0) is 23.7. The van der Waals surface area contributed by atoms with Crippen LogP contribution in [0.4, 0.5) is 4.79 Å². The van der Waals surface area contributed by atoms with Gasteiger partial charge in [-0.2, -0.15) is 0 Å². The number of benzene rings is 1. The minimum atomic E-state index is -1.05. The molecule has 0 radical (unpaired) electrons. The molecule has 32 heavy (non-hydrogen) atoms. The first kappa shape index (κ1) is 24.4. The van der Waals surface area contributed by atoms with Gasteiger partial charge in [0.05, 0.1) is 37.8 Å². The molecule has 0 bridgehead atoms. The van der Waals surface area contributed by atoms with Crippen molar-refractivity contribution in [1.82, 2.24) is 4.90 Å². The van der Waals surface area contributed by atoms with E-state index < -0.39 is 60.2 Å². The maximum absolute atomic E-state index is 13.3. The van der Waals surface area contributed by atoms with Gasteiger partial charge in [-0.3, -0.25) is 9.69 Å². The lowest BCUT2D eigenvalue weighted by Gasteiger charge is -2.37. The number of nitrogens with two attached hydrogens (primary N) is 1. The maximum Gasteiger partial charge on any atom is 0.411 e. The number of nitrogens with zero attached hydrogens (tertiary/aromatic N) is 1. The van der Waals surface area contributed by atoms with Crippen LogP contribution in [0.2, 0.25) is 0 Å². The van der Waals surface area contributed by atoms with Crippen molar-refractivity contribution < 1.29 is 33.6 Å². The lowest BCUT2D eigenvalue weighted by atomic mass is 9.94. The number of rotatable bonds is 7. The molecule has 9 nitrogen and oxygen atoms in total. The minimum Gasteiger partial charge on any atom is -0.444 e. The minimum absolute atomic E-state index is 0.127. The van der Waals surface area contributed by atoms with Crippen LogP contribution in [0.15, 0.2) is 30.3 Å². The average Bonchev–Trinajstić information content (AvgIpc) is 3.13. The number of fused-ring (bicyclic) bond motifs is 1. The quantitative estimate of drug-likeness (QED) is 0.650. The molecule has 2 unspecified atom stereocenters. The van der Waals surface area contributed by atoms with Crippen molar-refractivity contribution in [2.24, 2.45) is 11.7 Å². The van der Waals surface area contributed by atoms with Gasteiger partial charge in [0.2, 0.25) is 5.91 Å². The topological polar surface area (TPSA) is 121 Å². The number of primary amides is 1. The first-order chi connectivity index (χ1) is 14.9. The van der Waals surface area contributed by atoms with Crippen LogP contribution in [-0.4, -0.2) is 70.9 Å². The number of carbonyl (C=O) groups excluding carboxylic acids is 2. The third-order valence-electron chi connectivity index (χ3n) is 5.54. The number of aliphatic hydroxyl groups is 1. The second-order valence-corrected chi connectivity index (χ2v) is 9.70. The number of carbonyl (C=O) groups is 2. The fourth-order valence-electron chi connectivity index (χ4n) is 4.32. The summed E-state index contributed by atoms with van der Waals surface area (Å²) in [6, 6.07) is 8.19. The third kappa shape index (κ3) is 5.40. The molecule has 1 aromatic carbocycles. The molecule has 3 N–H and O–H groups in total. The summed E-state index contributed by atoms with van der Waals surface area (Å²) in [5.74, 6) is -2.71. The molecule has 9 heteroatoms. The van der Waals surface area contributed by atoms with E-state index >= 15 is 0 Å². The Hall–Kier alpha value is -2.20. The van der Waals surface area contributed by atoms with E-state index in [1.807, 2.05) is 30.3 Å². The lowest BCUT2D eigenvalue weighted by molar-refractivity contribution is -0.174. The molecule has 0 aliphatic carbocycles. The second kappa shape index (κ2) is 9.35. The van der Waals surface area contributed by atoms with E-state index in [-0.39, 0.29) is 6.61 Å². The number of hydrogen-bond donors (Lipinski definition) is 2. The molecule has 3 rings (SSSR count). The summed E-state index contributed by atoms with van der Waals surface area (Å²) in [5, 5.41) is 9.94. The predicted octanol–water partition coefficient (Wildman–Crippen LogP) is 1.81. The fourth-order valence-corrected chi connectivity index (χ4v) is 4.32. The average molecular weight is 451 g/mol. The van der Waals surface area contributed by atoms with Gasteiger partial charge in [0.15, 0.2) is 5.79 Å². The van der Waals surface area contributed by atoms with E-state index in [4.69, 9.17) is 24.7 Å². The largest absolute Gasteiger partial charge is 0.444 e. The summed E-state index contributed by atoms with van der Waals surface area (Å²) in [7, 11) is 0. The highest BCUT2D eigenvalue weighted by molar-refractivity contribution is 5.79. The molecule has 2 aliphatic heterocycles. The number of ether oxygens (including phenoxy) is 4. The Balaban J connectivity index is 1.91. The molecule has 2 saturated heterocycles. The Labute approximate surface area is 188 Å². The van der Waals surface area contributed by atoms with Gasteiger partial charge in [-0.05, 0) is 40.2 Å². The Morgan fingerprint density at radius 1 is 1.19 bits per heavy atom. The van der Waals surface area contributed by atoms with E-state index in [0.717, 1.165) is 5.56 Å². The van der Waals surface area contributed by atoms with Gasteiger partial charge in [0.1, 0.15) is 17.8 Å². The highest BCUT2D eigenvalue weighted by Gasteiger charge is 2.62. The van der Waals surface area contributed by atoms with Crippen LogP contribution in [-0.2, 0) is 30.3 Å². The normalized spacial score (nSPS) is 27.8. The van der Waals surface area contributed by atoms with Crippen LogP contribution in [0.3, 0.4) is 0 Å². The zero-order valence-corrected chi connectivity index (χ0v) is 19.3. The van der Waals surface area contributed by atoms with Gasteiger partial charge in [-0.25, -0.2) is 4.79 Å². The molecule has 178 valence electrons. The molecular weight excluding hydrogens is 416 g/mol. The maximum atomic E-state index is 13.3. The molecule has 0 aromatic heterocycles. The standard InChI is InChI=1S/C23H34N2O7/c1-22(2,3)32-21(28)25-16(13-29-12-14-9-7-6-8-10-14)18-19(31-23(4,5)30-18)17(25)15(11-26)20(24)27/h6-10,15-19,26H,11-13H2,1-5H3,(H2,24,27)/t15?,16-,17?,18-,19+/m1/s1. The van der Waals surface area contributed by atoms with Crippen LogP contribution >= 0.6 is 0 Å². The van der Waals surface area contributed by atoms with Crippen molar-refractivity contribution in [2.75, 3.05) is 13.2 Å². The smallest absolute Gasteiger partial charge is 0.411 e. The van der Waals surface area contributed by atoms with Crippen molar-refractivity contribution in [3.63, 3.8) is 0 Å². The van der Waals surface area contributed by atoms with Crippen LogP contribution < -0.4 is 5.73 Å². The van der Waals surface area contributed by atoms with Crippen LogP contribution in [0.5, 0.6) is 0 Å². The number of likely N-dealkylation sites (tertiary alicyclic amines) is 1. The van der Waals surface area contributed by atoms with Crippen molar-refractivity contribution in [1.29, 1.82) is 0 Å². The van der Waals surface area contributed by atoms with Crippen LogP contribution in [0, 0.1) is 5.92 Å². The van der Waals surface area contributed by atoms with Crippen molar-refractivity contribution in [3.05, 3.63) is 35.9 Å². The Morgan fingerprint density at radius 3 is 2.38 bits per heavy atom. The van der Waals surface area contributed by atoms with E-state index in [2.05, 4.69) is 0 Å². The van der Waals surface area contributed by atoms with E-state index in [1.165, 1.54) is 4.90 Å². The van der Waals surface area contributed by atoms with E-state index in [1.54, 1.807) is 34.6 Å². The molecule has 0 spiro atoms. The molecule has 0 saturated carbocycles. The van der Waals surface area contributed by atoms with Crippen molar-refractivity contribution >= 4 is 12.0 Å². The Morgan fingerprint density at radius 2 is 1.81 bits per heavy atom.